The Hall–Kier alpha value is -2.46. The van der Waals surface area contributed by atoms with E-state index in [0.717, 1.165) is 22.7 Å². The van der Waals surface area contributed by atoms with Gasteiger partial charge in [-0.3, -0.25) is 4.79 Å². The Balaban J connectivity index is 0.000000553. The number of halogens is 3. The molecule has 0 unspecified atom stereocenters. The number of benzene rings is 1. The lowest BCUT2D eigenvalue weighted by molar-refractivity contribution is -0.192. The Morgan fingerprint density at radius 1 is 1.23 bits per heavy atom. The fourth-order valence-corrected chi connectivity index (χ4v) is 3.47. The van der Waals surface area contributed by atoms with Crippen LogP contribution >= 0.6 is 11.3 Å². The molecule has 0 aliphatic rings. The van der Waals surface area contributed by atoms with Gasteiger partial charge in [-0.25, -0.2) is 9.78 Å². The maximum Gasteiger partial charge on any atom is 0.490 e. The molecule has 4 N–H and O–H groups in total. The maximum absolute atomic E-state index is 12.4. The molecule has 166 valence electrons. The fraction of sp³-hybridized carbons (Fsp3) is 0.450. The van der Waals surface area contributed by atoms with Crippen LogP contribution in [0.4, 0.5) is 13.2 Å². The van der Waals surface area contributed by atoms with Gasteiger partial charge in [0, 0.05) is 17.8 Å². The highest BCUT2D eigenvalue weighted by Gasteiger charge is 2.38. The van der Waals surface area contributed by atoms with Gasteiger partial charge in [-0.1, -0.05) is 38.1 Å². The molecule has 0 radical (unpaired) electrons. The molecule has 0 spiro atoms. The van der Waals surface area contributed by atoms with Crippen molar-refractivity contribution in [3.8, 4) is 0 Å². The average molecular weight is 446 g/mol. The molecule has 1 aromatic carbocycles. The van der Waals surface area contributed by atoms with E-state index in [1.807, 2.05) is 19.1 Å². The normalized spacial score (nSPS) is 11.1. The van der Waals surface area contributed by atoms with E-state index in [1.54, 1.807) is 11.3 Å². The van der Waals surface area contributed by atoms with E-state index >= 15 is 0 Å². The van der Waals surface area contributed by atoms with Crippen molar-refractivity contribution in [2.75, 3.05) is 6.54 Å². The highest BCUT2D eigenvalue weighted by molar-refractivity contribution is 7.11. The Morgan fingerprint density at radius 2 is 1.80 bits per heavy atom. The van der Waals surface area contributed by atoms with E-state index in [2.05, 4.69) is 36.3 Å². The largest absolute Gasteiger partial charge is 0.490 e. The van der Waals surface area contributed by atoms with Gasteiger partial charge >= 0.3 is 12.1 Å². The Kier molecular flexibility index (Phi) is 9.94. The third-order valence-electron chi connectivity index (χ3n) is 3.84. The summed E-state index contributed by atoms with van der Waals surface area (Å²) < 4.78 is 31.7. The molecule has 0 fully saturated rings. The highest BCUT2D eigenvalue weighted by atomic mass is 32.1. The predicted octanol–water partition coefficient (Wildman–Crippen LogP) is 3.71. The number of aliphatic carboxylic acids is 1. The summed E-state index contributed by atoms with van der Waals surface area (Å²) in [5.74, 6) is -2.28. The number of aryl methyl sites for hydroxylation is 1. The van der Waals surface area contributed by atoms with Gasteiger partial charge in [0.05, 0.1) is 5.01 Å². The smallest absolute Gasteiger partial charge is 0.475 e. The summed E-state index contributed by atoms with van der Waals surface area (Å²) in [6.07, 6.45) is -3.35. The Morgan fingerprint density at radius 3 is 2.30 bits per heavy atom. The minimum Gasteiger partial charge on any atom is -0.475 e. The molecular weight excluding hydrogens is 419 g/mol. The molecule has 0 aliphatic carbocycles. The summed E-state index contributed by atoms with van der Waals surface area (Å²) in [6, 6.07) is 8.27. The third kappa shape index (κ3) is 8.50. The monoisotopic (exact) mass is 445 g/mol. The number of carbonyl (C=O) groups is 2. The van der Waals surface area contributed by atoms with Gasteiger partial charge in [0.25, 0.3) is 5.91 Å². The van der Waals surface area contributed by atoms with Crippen LogP contribution in [0.3, 0.4) is 0 Å². The number of hydrogen-bond acceptors (Lipinski definition) is 5. The van der Waals surface area contributed by atoms with E-state index in [9.17, 15) is 18.0 Å². The Labute approximate surface area is 177 Å². The molecule has 0 bridgehead atoms. The second kappa shape index (κ2) is 11.7. The number of hydrogen-bond donors (Lipinski definition) is 3. The zero-order valence-corrected chi connectivity index (χ0v) is 17.9. The van der Waals surface area contributed by atoms with Gasteiger partial charge in [0.1, 0.15) is 5.69 Å². The second-order valence-corrected chi connectivity index (χ2v) is 8.19. The van der Waals surface area contributed by atoms with Gasteiger partial charge in [0.2, 0.25) is 0 Å². The standard InChI is InChI=1S/C18H25N3OS.C2HF3O2/c1-12(2)10-14-6-4-5-7-15(14)11-20-18(22)17-13(3)23-16(21-17)8-9-19;3-2(4,5)1(6)7/h4-7,12H,8-11,19H2,1-3H3,(H,20,22);(H,6,7). The molecular formula is C20H26F3N3O3S. The molecule has 0 aliphatic heterocycles. The molecule has 10 heteroatoms. The van der Waals surface area contributed by atoms with Gasteiger partial charge in [0.15, 0.2) is 0 Å². The minimum atomic E-state index is -5.08. The van der Waals surface area contributed by atoms with Gasteiger partial charge in [-0.2, -0.15) is 13.2 Å². The van der Waals surface area contributed by atoms with Crippen LogP contribution in [0.2, 0.25) is 0 Å². The van der Waals surface area contributed by atoms with Crippen molar-refractivity contribution in [3.05, 3.63) is 51.0 Å². The number of carboxylic acids is 1. The molecule has 2 aromatic rings. The summed E-state index contributed by atoms with van der Waals surface area (Å²) >= 11 is 1.55. The summed E-state index contributed by atoms with van der Waals surface area (Å²) in [5, 5.41) is 11.1. The van der Waals surface area contributed by atoms with E-state index in [1.165, 1.54) is 11.1 Å². The molecule has 1 amide bonds. The van der Waals surface area contributed by atoms with Gasteiger partial charge < -0.3 is 16.2 Å². The topological polar surface area (TPSA) is 105 Å². The number of aromatic nitrogens is 1. The predicted molar refractivity (Wildman–Crippen MR) is 109 cm³/mol. The lowest BCUT2D eigenvalue weighted by Crippen LogP contribution is -2.24. The van der Waals surface area contributed by atoms with Crippen molar-refractivity contribution in [2.24, 2.45) is 11.7 Å². The lowest BCUT2D eigenvalue weighted by atomic mass is 9.98. The summed E-state index contributed by atoms with van der Waals surface area (Å²) in [4.78, 5) is 26.6. The van der Waals surface area contributed by atoms with Gasteiger partial charge in [-0.15, -0.1) is 11.3 Å². The van der Waals surface area contributed by atoms with Crippen LogP contribution in [0.15, 0.2) is 24.3 Å². The number of carbonyl (C=O) groups excluding carboxylic acids is 1. The molecule has 0 saturated heterocycles. The van der Waals surface area contributed by atoms with Crippen LogP contribution in [-0.4, -0.2) is 34.7 Å². The van der Waals surface area contributed by atoms with E-state index in [0.29, 0.717) is 24.7 Å². The van der Waals surface area contributed by atoms with Crippen LogP contribution in [0.1, 0.15) is 45.3 Å². The first-order valence-electron chi connectivity index (χ1n) is 9.27. The van der Waals surface area contributed by atoms with Crippen LogP contribution in [-0.2, 0) is 24.2 Å². The van der Waals surface area contributed by atoms with Crippen molar-refractivity contribution in [1.29, 1.82) is 0 Å². The van der Waals surface area contributed by atoms with Crippen molar-refractivity contribution in [1.82, 2.24) is 10.3 Å². The fourth-order valence-electron chi connectivity index (χ4n) is 2.52. The number of nitrogens with two attached hydrogens (primary N) is 1. The molecule has 30 heavy (non-hydrogen) atoms. The molecule has 6 nitrogen and oxygen atoms in total. The van der Waals surface area contributed by atoms with Crippen LogP contribution < -0.4 is 11.1 Å². The minimum absolute atomic E-state index is 0.110. The van der Waals surface area contributed by atoms with Crippen LogP contribution in [0.5, 0.6) is 0 Å². The molecule has 1 heterocycles. The number of carboxylic acid groups (broad SMARTS) is 1. The lowest BCUT2D eigenvalue weighted by Gasteiger charge is -2.12. The SMILES string of the molecule is Cc1sc(CCN)nc1C(=O)NCc1ccccc1CC(C)C.O=C(O)C(F)(F)F. The Bertz CT molecular complexity index is 851. The first-order valence-corrected chi connectivity index (χ1v) is 10.1. The van der Waals surface area contributed by atoms with Crippen molar-refractivity contribution in [3.63, 3.8) is 0 Å². The third-order valence-corrected chi connectivity index (χ3v) is 4.87. The van der Waals surface area contributed by atoms with E-state index in [4.69, 9.17) is 15.6 Å². The van der Waals surface area contributed by atoms with E-state index < -0.39 is 12.1 Å². The van der Waals surface area contributed by atoms with Crippen molar-refractivity contribution >= 4 is 23.2 Å². The second-order valence-electron chi connectivity index (χ2n) is 6.90. The number of amides is 1. The quantitative estimate of drug-likeness (QED) is 0.603. The number of nitrogens with zero attached hydrogens (tertiary/aromatic N) is 1. The van der Waals surface area contributed by atoms with Gasteiger partial charge in [-0.05, 0) is 36.9 Å². The summed E-state index contributed by atoms with van der Waals surface area (Å²) in [6.45, 7) is 7.42. The van der Waals surface area contributed by atoms with Crippen LogP contribution in [0, 0.1) is 12.8 Å². The van der Waals surface area contributed by atoms with Crippen molar-refractivity contribution in [2.45, 2.75) is 46.3 Å². The first-order chi connectivity index (χ1) is 14.0. The average Bonchev–Trinajstić information content (AvgIpc) is 3.01. The summed E-state index contributed by atoms with van der Waals surface area (Å²) in [7, 11) is 0. The zero-order valence-electron chi connectivity index (χ0n) is 17.0. The number of nitrogens with one attached hydrogen (secondary N) is 1. The molecule has 0 saturated carbocycles. The molecule has 0 atom stereocenters. The number of rotatable bonds is 7. The number of alkyl halides is 3. The van der Waals surface area contributed by atoms with E-state index in [-0.39, 0.29) is 5.91 Å². The van der Waals surface area contributed by atoms with Crippen LogP contribution in [0.25, 0.3) is 0 Å². The molecule has 2 rings (SSSR count). The first kappa shape index (κ1) is 25.6. The zero-order chi connectivity index (χ0) is 22.9. The van der Waals surface area contributed by atoms with Crippen molar-refractivity contribution < 1.29 is 27.9 Å². The maximum atomic E-state index is 12.4. The number of thiazole rings is 1. The highest BCUT2D eigenvalue weighted by Crippen LogP contribution is 2.18. The summed E-state index contributed by atoms with van der Waals surface area (Å²) in [5.41, 5.74) is 8.54. The molecule has 1 aromatic heterocycles.